The van der Waals surface area contributed by atoms with Gasteiger partial charge in [0, 0.05) is 18.3 Å². The van der Waals surface area contributed by atoms with Gasteiger partial charge in [-0.05, 0) is 56.7 Å². The predicted octanol–water partition coefficient (Wildman–Crippen LogP) is 3.01. The predicted molar refractivity (Wildman–Crippen MR) is 90.7 cm³/mol. The molecule has 5 heteroatoms. The normalized spacial score (nSPS) is 16.9. The van der Waals surface area contributed by atoms with Crippen LogP contribution in [0, 0.1) is 0 Å². The Morgan fingerprint density at radius 2 is 1.96 bits per heavy atom. The number of rotatable bonds is 3. The fourth-order valence-electron chi connectivity index (χ4n) is 3.45. The van der Waals surface area contributed by atoms with Gasteiger partial charge in [0.05, 0.1) is 11.9 Å². The fourth-order valence-corrected chi connectivity index (χ4v) is 3.45. The maximum atomic E-state index is 4.92. The van der Waals surface area contributed by atoms with E-state index >= 15 is 0 Å². The van der Waals surface area contributed by atoms with Gasteiger partial charge in [-0.1, -0.05) is 6.92 Å². The van der Waals surface area contributed by atoms with E-state index in [0.717, 1.165) is 55.2 Å². The van der Waals surface area contributed by atoms with Gasteiger partial charge in [0.1, 0.15) is 11.3 Å². The average Bonchev–Trinajstić information content (AvgIpc) is 3.02. The molecular formula is C18H21N5. The van der Waals surface area contributed by atoms with Crippen LogP contribution >= 0.6 is 0 Å². The summed E-state index contributed by atoms with van der Waals surface area (Å²) < 4.78 is 2.19. The summed E-state index contributed by atoms with van der Waals surface area (Å²) in [5, 5.41) is 0. The van der Waals surface area contributed by atoms with Crippen molar-refractivity contribution >= 4 is 11.2 Å². The van der Waals surface area contributed by atoms with E-state index in [-0.39, 0.29) is 0 Å². The lowest BCUT2D eigenvalue weighted by Crippen LogP contribution is -2.33. The third kappa shape index (κ3) is 2.61. The largest absolute Gasteiger partial charge is 0.304 e. The first-order chi connectivity index (χ1) is 11.4. The van der Waals surface area contributed by atoms with Crippen LogP contribution in [0.1, 0.15) is 31.5 Å². The van der Waals surface area contributed by atoms with Gasteiger partial charge in [-0.25, -0.2) is 9.97 Å². The molecule has 5 nitrogen and oxygen atoms in total. The Morgan fingerprint density at radius 3 is 2.70 bits per heavy atom. The van der Waals surface area contributed by atoms with Crippen molar-refractivity contribution < 1.29 is 0 Å². The zero-order valence-electron chi connectivity index (χ0n) is 13.4. The summed E-state index contributed by atoms with van der Waals surface area (Å²) >= 11 is 0. The van der Waals surface area contributed by atoms with Gasteiger partial charge in [-0.15, -0.1) is 0 Å². The van der Waals surface area contributed by atoms with Crippen molar-refractivity contribution in [3.05, 3.63) is 48.7 Å². The molecule has 0 bridgehead atoms. The lowest BCUT2D eigenvalue weighted by Gasteiger charge is -2.30. The third-order valence-electron chi connectivity index (χ3n) is 4.75. The highest BCUT2D eigenvalue weighted by Crippen LogP contribution is 2.31. The first-order valence-electron chi connectivity index (χ1n) is 8.33. The second-order valence-corrected chi connectivity index (χ2v) is 6.07. The molecule has 23 heavy (non-hydrogen) atoms. The molecule has 0 saturated carbocycles. The van der Waals surface area contributed by atoms with Crippen LogP contribution in [0.3, 0.4) is 0 Å². The molecule has 0 radical (unpaired) electrons. The minimum atomic E-state index is 0.479. The first kappa shape index (κ1) is 14.3. The van der Waals surface area contributed by atoms with E-state index in [2.05, 4.69) is 32.4 Å². The maximum Gasteiger partial charge on any atom is 0.164 e. The first-order valence-corrected chi connectivity index (χ1v) is 8.33. The van der Waals surface area contributed by atoms with Crippen molar-refractivity contribution in [2.24, 2.45) is 0 Å². The zero-order valence-corrected chi connectivity index (χ0v) is 13.4. The Hall–Kier alpha value is -2.27. The van der Waals surface area contributed by atoms with E-state index in [9.17, 15) is 0 Å². The minimum Gasteiger partial charge on any atom is -0.304 e. The lowest BCUT2D eigenvalue weighted by molar-refractivity contribution is 0.218. The number of imidazole rings is 1. The maximum absolute atomic E-state index is 4.92. The van der Waals surface area contributed by atoms with Crippen molar-refractivity contribution in [2.75, 3.05) is 19.6 Å². The van der Waals surface area contributed by atoms with Crippen LogP contribution in [0.5, 0.6) is 0 Å². The number of piperidine rings is 1. The Balaban J connectivity index is 1.80. The van der Waals surface area contributed by atoms with Crippen molar-refractivity contribution in [1.82, 2.24) is 24.4 Å². The molecule has 0 spiro atoms. The van der Waals surface area contributed by atoms with Gasteiger partial charge < -0.3 is 4.90 Å². The SMILES string of the molecule is CCN1CCC(c2nc3cccnc3n2-c2cccnc2)CC1. The second-order valence-electron chi connectivity index (χ2n) is 6.07. The Bertz CT molecular complexity index is 788. The molecule has 1 fully saturated rings. The van der Waals surface area contributed by atoms with Gasteiger partial charge >= 0.3 is 0 Å². The van der Waals surface area contributed by atoms with Crippen LogP contribution in [0.15, 0.2) is 42.9 Å². The molecule has 0 aliphatic carbocycles. The van der Waals surface area contributed by atoms with Gasteiger partial charge in [0.15, 0.2) is 5.65 Å². The highest BCUT2D eigenvalue weighted by molar-refractivity contribution is 5.73. The molecule has 1 saturated heterocycles. The smallest absolute Gasteiger partial charge is 0.164 e. The standard InChI is InChI=1S/C18H21N5/c1-2-22-11-7-14(8-12-22)17-21-16-6-4-10-20-18(16)23(17)15-5-3-9-19-13-15/h3-6,9-10,13-14H,2,7-8,11-12H2,1H3. The van der Waals surface area contributed by atoms with Crippen LogP contribution in [0.2, 0.25) is 0 Å². The number of pyridine rings is 2. The summed E-state index contributed by atoms with van der Waals surface area (Å²) in [6.45, 7) is 5.65. The summed E-state index contributed by atoms with van der Waals surface area (Å²) in [4.78, 5) is 16.3. The quantitative estimate of drug-likeness (QED) is 0.746. The molecule has 0 N–H and O–H groups in total. The van der Waals surface area contributed by atoms with E-state index in [4.69, 9.17) is 4.98 Å². The molecule has 1 aliphatic heterocycles. The van der Waals surface area contributed by atoms with Gasteiger partial charge in [-0.3, -0.25) is 9.55 Å². The van der Waals surface area contributed by atoms with Crippen LogP contribution < -0.4 is 0 Å². The lowest BCUT2D eigenvalue weighted by atomic mass is 9.96. The number of hydrogen-bond acceptors (Lipinski definition) is 4. The summed E-state index contributed by atoms with van der Waals surface area (Å²) in [6, 6.07) is 8.04. The van der Waals surface area contributed by atoms with Gasteiger partial charge in [-0.2, -0.15) is 0 Å². The molecule has 4 rings (SSSR count). The zero-order chi connectivity index (χ0) is 15.6. The molecule has 1 aliphatic rings. The van der Waals surface area contributed by atoms with E-state index in [1.165, 1.54) is 0 Å². The Kier molecular flexibility index (Phi) is 3.79. The topological polar surface area (TPSA) is 46.8 Å². The van der Waals surface area contributed by atoms with Crippen molar-refractivity contribution in [2.45, 2.75) is 25.7 Å². The fraction of sp³-hybridized carbons (Fsp3) is 0.389. The highest BCUT2D eigenvalue weighted by atomic mass is 15.2. The van der Waals surface area contributed by atoms with Crippen molar-refractivity contribution in [1.29, 1.82) is 0 Å². The van der Waals surface area contributed by atoms with Crippen molar-refractivity contribution in [3.8, 4) is 5.69 Å². The number of nitrogens with zero attached hydrogens (tertiary/aromatic N) is 5. The molecule has 3 aromatic rings. The molecule has 4 heterocycles. The molecule has 0 aromatic carbocycles. The number of fused-ring (bicyclic) bond motifs is 1. The number of likely N-dealkylation sites (tertiary alicyclic amines) is 1. The number of hydrogen-bond donors (Lipinski definition) is 0. The summed E-state index contributed by atoms with van der Waals surface area (Å²) in [6.07, 6.45) is 7.82. The monoisotopic (exact) mass is 307 g/mol. The van der Waals surface area contributed by atoms with E-state index in [1.54, 1.807) is 6.20 Å². The van der Waals surface area contributed by atoms with E-state index < -0.39 is 0 Å². The molecular weight excluding hydrogens is 286 g/mol. The molecule has 0 unspecified atom stereocenters. The summed E-state index contributed by atoms with van der Waals surface area (Å²) in [7, 11) is 0. The average molecular weight is 307 g/mol. The molecule has 0 amide bonds. The summed E-state index contributed by atoms with van der Waals surface area (Å²) in [5.74, 6) is 1.61. The summed E-state index contributed by atoms with van der Waals surface area (Å²) in [5.41, 5.74) is 2.93. The van der Waals surface area contributed by atoms with Gasteiger partial charge in [0.2, 0.25) is 0 Å². The minimum absolute atomic E-state index is 0.479. The van der Waals surface area contributed by atoms with Crippen molar-refractivity contribution in [3.63, 3.8) is 0 Å². The molecule has 3 aromatic heterocycles. The van der Waals surface area contributed by atoms with Crippen LogP contribution in [-0.2, 0) is 0 Å². The number of aromatic nitrogens is 4. The third-order valence-corrected chi connectivity index (χ3v) is 4.75. The van der Waals surface area contributed by atoms with Crippen LogP contribution in [-0.4, -0.2) is 44.1 Å². The van der Waals surface area contributed by atoms with Crippen LogP contribution in [0.4, 0.5) is 0 Å². The van der Waals surface area contributed by atoms with Crippen LogP contribution in [0.25, 0.3) is 16.9 Å². The Labute approximate surface area is 136 Å². The van der Waals surface area contributed by atoms with E-state index in [0.29, 0.717) is 5.92 Å². The molecule has 0 atom stereocenters. The second kappa shape index (κ2) is 6.08. The van der Waals surface area contributed by atoms with E-state index in [1.807, 2.05) is 30.6 Å². The highest BCUT2D eigenvalue weighted by Gasteiger charge is 2.25. The molecule has 118 valence electrons. The Morgan fingerprint density at radius 1 is 1.13 bits per heavy atom. The van der Waals surface area contributed by atoms with Gasteiger partial charge in [0.25, 0.3) is 0 Å².